The van der Waals surface area contributed by atoms with Gasteiger partial charge in [0.2, 0.25) is 0 Å². The molecule has 0 aliphatic rings. The van der Waals surface area contributed by atoms with Crippen LogP contribution in [0.4, 0.5) is 20.2 Å². The van der Waals surface area contributed by atoms with Crippen LogP contribution in [0, 0.1) is 18.6 Å². The number of carbonyl (C=O) groups excluding carboxylic acids is 1. The topological polar surface area (TPSA) is 55.1 Å². The molecule has 104 valence electrons. The summed E-state index contributed by atoms with van der Waals surface area (Å²) in [7, 11) is 0. The summed E-state index contributed by atoms with van der Waals surface area (Å²) in [6, 6.07) is 6.68. The number of hydrogen-bond acceptors (Lipinski definition) is 2. The zero-order valence-corrected chi connectivity index (χ0v) is 11.3. The van der Waals surface area contributed by atoms with Crippen LogP contribution < -0.4 is 11.1 Å². The Morgan fingerprint density at radius 3 is 2.35 bits per heavy atom. The van der Waals surface area contributed by atoms with Crippen LogP contribution in [-0.2, 0) is 0 Å². The number of halogens is 3. The Labute approximate surface area is 119 Å². The first kappa shape index (κ1) is 14.3. The van der Waals surface area contributed by atoms with Crippen LogP contribution in [0.2, 0.25) is 5.02 Å². The molecule has 2 rings (SSSR count). The maximum atomic E-state index is 13.3. The van der Waals surface area contributed by atoms with Crippen molar-refractivity contribution in [3.63, 3.8) is 0 Å². The van der Waals surface area contributed by atoms with Crippen LogP contribution in [0.25, 0.3) is 0 Å². The van der Waals surface area contributed by atoms with Gasteiger partial charge in [0.25, 0.3) is 5.91 Å². The van der Waals surface area contributed by atoms with Gasteiger partial charge in [-0.15, -0.1) is 0 Å². The molecule has 0 heterocycles. The van der Waals surface area contributed by atoms with Crippen LogP contribution in [0.1, 0.15) is 15.9 Å². The lowest BCUT2D eigenvalue weighted by molar-refractivity contribution is 0.102. The Balaban J connectivity index is 2.26. The minimum atomic E-state index is -0.975. The number of nitrogen functional groups attached to an aromatic ring is 1. The van der Waals surface area contributed by atoms with Crippen molar-refractivity contribution in [1.29, 1.82) is 0 Å². The highest BCUT2D eigenvalue weighted by molar-refractivity contribution is 6.31. The average molecular weight is 297 g/mol. The number of hydrogen-bond donors (Lipinski definition) is 2. The maximum Gasteiger partial charge on any atom is 0.255 e. The predicted molar refractivity (Wildman–Crippen MR) is 74.9 cm³/mol. The molecular formula is C14H11ClF2N2O. The van der Waals surface area contributed by atoms with Crippen LogP contribution in [-0.4, -0.2) is 5.91 Å². The molecule has 0 aliphatic heterocycles. The summed E-state index contributed by atoms with van der Waals surface area (Å²) in [6.45, 7) is 1.82. The first-order valence-corrected chi connectivity index (χ1v) is 6.08. The van der Waals surface area contributed by atoms with Gasteiger partial charge in [0.1, 0.15) is 17.3 Å². The molecule has 0 unspecified atom stereocenters. The summed E-state index contributed by atoms with van der Waals surface area (Å²) in [5, 5.41) is 2.99. The van der Waals surface area contributed by atoms with E-state index in [9.17, 15) is 13.6 Å². The summed E-state index contributed by atoms with van der Waals surface area (Å²) in [5.41, 5.74) is 5.66. The van der Waals surface area contributed by atoms with Gasteiger partial charge in [-0.1, -0.05) is 17.7 Å². The van der Waals surface area contributed by atoms with Crippen molar-refractivity contribution < 1.29 is 13.6 Å². The zero-order chi connectivity index (χ0) is 14.9. The van der Waals surface area contributed by atoms with Crippen LogP contribution >= 0.6 is 11.6 Å². The number of nitrogens with two attached hydrogens (primary N) is 1. The monoisotopic (exact) mass is 296 g/mol. The van der Waals surface area contributed by atoms with E-state index in [0.717, 1.165) is 17.7 Å². The molecule has 0 spiro atoms. The van der Waals surface area contributed by atoms with E-state index in [1.54, 1.807) is 18.2 Å². The van der Waals surface area contributed by atoms with Crippen molar-refractivity contribution in [1.82, 2.24) is 0 Å². The van der Waals surface area contributed by atoms with E-state index in [-0.39, 0.29) is 5.56 Å². The number of rotatable bonds is 2. The maximum absolute atomic E-state index is 13.3. The fourth-order valence-corrected chi connectivity index (χ4v) is 1.77. The van der Waals surface area contributed by atoms with Crippen molar-refractivity contribution >= 4 is 28.9 Å². The van der Waals surface area contributed by atoms with Gasteiger partial charge in [0.15, 0.2) is 0 Å². The number of benzene rings is 2. The number of amides is 1. The minimum Gasteiger partial charge on any atom is -0.394 e. The van der Waals surface area contributed by atoms with Gasteiger partial charge in [0.05, 0.1) is 0 Å². The number of carbonyl (C=O) groups is 1. The van der Waals surface area contributed by atoms with Gasteiger partial charge in [-0.25, -0.2) is 8.78 Å². The zero-order valence-electron chi connectivity index (χ0n) is 10.5. The molecule has 0 bridgehead atoms. The van der Waals surface area contributed by atoms with Crippen molar-refractivity contribution in [2.24, 2.45) is 0 Å². The molecule has 3 N–H and O–H groups in total. The Kier molecular flexibility index (Phi) is 3.90. The summed E-state index contributed by atoms with van der Waals surface area (Å²) < 4.78 is 26.6. The van der Waals surface area contributed by atoms with Crippen LogP contribution in [0.5, 0.6) is 0 Å². The molecule has 3 nitrogen and oxygen atoms in total. The third-order valence-corrected chi connectivity index (χ3v) is 3.18. The first-order valence-electron chi connectivity index (χ1n) is 5.70. The molecule has 1 amide bonds. The molecule has 0 radical (unpaired) electrons. The summed E-state index contributed by atoms with van der Waals surface area (Å²) >= 11 is 5.93. The summed E-state index contributed by atoms with van der Waals surface area (Å²) in [5.74, 6) is -2.60. The lowest BCUT2D eigenvalue weighted by Crippen LogP contribution is -2.13. The molecule has 0 aromatic heterocycles. The van der Waals surface area contributed by atoms with Gasteiger partial charge in [-0.05, 0) is 36.8 Å². The molecule has 20 heavy (non-hydrogen) atoms. The molecule has 0 saturated carbocycles. The van der Waals surface area contributed by atoms with Gasteiger partial charge in [-0.3, -0.25) is 4.79 Å². The van der Waals surface area contributed by atoms with Crippen molar-refractivity contribution in [2.75, 3.05) is 11.1 Å². The highest BCUT2D eigenvalue weighted by atomic mass is 35.5. The van der Waals surface area contributed by atoms with E-state index in [0.29, 0.717) is 10.7 Å². The second-order valence-electron chi connectivity index (χ2n) is 4.27. The number of nitrogens with one attached hydrogen (secondary N) is 1. The molecule has 2 aromatic rings. The predicted octanol–water partition coefficient (Wildman–Crippen LogP) is 3.76. The fourth-order valence-electron chi connectivity index (χ4n) is 1.59. The first-order chi connectivity index (χ1) is 9.38. The molecule has 0 aliphatic carbocycles. The molecule has 0 saturated heterocycles. The van der Waals surface area contributed by atoms with E-state index in [2.05, 4.69) is 5.32 Å². The van der Waals surface area contributed by atoms with Gasteiger partial charge < -0.3 is 11.1 Å². The van der Waals surface area contributed by atoms with Crippen molar-refractivity contribution in [3.05, 3.63) is 58.1 Å². The lowest BCUT2D eigenvalue weighted by Gasteiger charge is -2.08. The standard InChI is InChI=1S/C14H11ClF2N2O/c1-7-2-3-9(6-10(7)15)19-14(20)8-4-11(16)13(18)12(17)5-8/h2-6H,18H2,1H3,(H,19,20). The van der Waals surface area contributed by atoms with Crippen molar-refractivity contribution in [3.8, 4) is 0 Å². The number of aryl methyl sites for hydroxylation is 1. The quantitative estimate of drug-likeness (QED) is 0.829. The van der Waals surface area contributed by atoms with E-state index in [1.165, 1.54) is 0 Å². The van der Waals surface area contributed by atoms with Crippen LogP contribution in [0.15, 0.2) is 30.3 Å². The summed E-state index contributed by atoms with van der Waals surface area (Å²) in [6.07, 6.45) is 0. The largest absolute Gasteiger partial charge is 0.394 e. The van der Waals surface area contributed by atoms with Gasteiger partial charge in [0, 0.05) is 16.3 Å². The fraction of sp³-hybridized carbons (Fsp3) is 0.0714. The molecular weight excluding hydrogens is 286 g/mol. The van der Waals surface area contributed by atoms with E-state index >= 15 is 0 Å². The van der Waals surface area contributed by atoms with E-state index in [1.807, 2.05) is 6.92 Å². The highest BCUT2D eigenvalue weighted by Crippen LogP contribution is 2.22. The van der Waals surface area contributed by atoms with Gasteiger partial charge in [-0.2, -0.15) is 0 Å². The lowest BCUT2D eigenvalue weighted by atomic mass is 10.1. The third-order valence-electron chi connectivity index (χ3n) is 2.77. The van der Waals surface area contributed by atoms with E-state index < -0.39 is 23.2 Å². The van der Waals surface area contributed by atoms with Gasteiger partial charge >= 0.3 is 0 Å². The minimum absolute atomic E-state index is 0.161. The molecule has 2 aromatic carbocycles. The summed E-state index contributed by atoms with van der Waals surface area (Å²) in [4.78, 5) is 11.9. The Hall–Kier alpha value is -2.14. The normalized spacial score (nSPS) is 10.4. The Morgan fingerprint density at radius 2 is 1.80 bits per heavy atom. The second kappa shape index (κ2) is 5.46. The smallest absolute Gasteiger partial charge is 0.255 e. The number of anilines is 2. The SMILES string of the molecule is Cc1ccc(NC(=O)c2cc(F)c(N)c(F)c2)cc1Cl. The molecule has 0 atom stereocenters. The Bertz CT molecular complexity index is 666. The molecule has 0 fully saturated rings. The van der Waals surface area contributed by atoms with E-state index in [4.69, 9.17) is 17.3 Å². The van der Waals surface area contributed by atoms with Crippen molar-refractivity contribution in [2.45, 2.75) is 6.92 Å². The Morgan fingerprint density at radius 1 is 1.20 bits per heavy atom. The molecule has 6 heteroatoms. The van der Waals surface area contributed by atoms with Crippen LogP contribution in [0.3, 0.4) is 0 Å². The average Bonchev–Trinajstić information content (AvgIpc) is 2.39. The second-order valence-corrected chi connectivity index (χ2v) is 4.68. The third kappa shape index (κ3) is 2.88. The highest BCUT2D eigenvalue weighted by Gasteiger charge is 2.13.